The SMILES string of the molecule is CC(C)(C)c1ccc(-n2cc3ccccc3n2)cc1. The number of aromatic nitrogens is 2. The van der Waals surface area contributed by atoms with Crippen molar-refractivity contribution in [1.82, 2.24) is 9.78 Å². The molecule has 19 heavy (non-hydrogen) atoms. The van der Waals surface area contributed by atoms with Gasteiger partial charge in [0, 0.05) is 11.6 Å². The zero-order valence-electron chi connectivity index (χ0n) is 11.6. The Morgan fingerprint density at radius 2 is 1.58 bits per heavy atom. The third-order valence-corrected chi connectivity index (χ3v) is 3.41. The van der Waals surface area contributed by atoms with Gasteiger partial charge in [-0.2, -0.15) is 5.10 Å². The van der Waals surface area contributed by atoms with Gasteiger partial charge in [0.2, 0.25) is 0 Å². The minimum absolute atomic E-state index is 0.188. The molecule has 2 aromatic carbocycles. The highest BCUT2D eigenvalue weighted by atomic mass is 15.3. The van der Waals surface area contributed by atoms with Crippen LogP contribution in [0.5, 0.6) is 0 Å². The van der Waals surface area contributed by atoms with E-state index in [9.17, 15) is 0 Å². The summed E-state index contributed by atoms with van der Waals surface area (Å²) >= 11 is 0. The minimum atomic E-state index is 0.188. The van der Waals surface area contributed by atoms with Gasteiger partial charge in [0.15, 0.2) is 0 Å². The molecule has 1 aromatic heterocycles. The zero-order chi connectivity index (χ0) is 13.5. The van der Waals surface area contributed by atoms with E-state index in [-0.39, 0.29) is 5.41 Å². The van der Waals surface area contributed by atoms with Crippen LogP contribution >= 0.6 is 0 Å². The summed E-state index contributed by atoms with van der Waals surface area (Å²) in [5.74, 6) is 0. The first-order chi connectivity index (χ1) is 9.04. The molecule has 0 N–H and O–H groups in total. The van der Waals surface area contributed by atoms with Gasteiger partial charge in [0.25, 0.3) is 0 Å². The van der Waals surface area contributed by atoms with Crippen molar-refractivity contribution in [2.24, 2.45) is 0 Å². The van der Waals surface area contributed by atoms with Gasteiger partial charge in [-0.05, 0) is 29.2 Å². The summed E-state index contributed by atoms with van der Waals surface area (Å²) in [5.41, 5.74) is 3.66. The van der Waals surface area contributed by atoms with E-state index < -0.39 is 0 Å². The average molecular weight is 250 g/mol. The van der Waals surface area contributed by atoms with Gasteiger partial charge < -0.3 is 0 Å². The van der Waals surface area contributed by atoms with Crippen LogP contribution in [0.4, 0.5) is 0 Å². The smallest absolute Gasteiger partial charge is 0.0927 e. The number of hydrogen-bond acceptors (Lipinski definition) is 1. The van der Waals surface area contributed by atoms with Crippen molar-refractivity contribution in [2.45, 2.75) is 26.2 Å². The molecule has 0 aliphatic heterocycles. The second-order valence-corrected chi connectivity index (χ2v) is 5.93. The molecular weight excluding hydrogens is 232 g/mol. The minimum Gasteiger partial charge on any atom is -0.240 e. The summed E-state index contributed by atoms with van der Waals surface area (Å²) in [7, 11) is 0. The Labute approximate surface area is 113 Å². The van der Waals surface area contributed by atoms with Crippen molar-refractivity contribution in [3.8, 4) is 5.69 Å². The Kier molecular flexibility index (Phi) is 2.67. The van der Waals surface area contributed by atoms with E-state index in [1.165, 1.54) is 10.9 Å². The van der Waals surface area contributed by atoms with Crippen LogP contribution in [0.2, 0.25) is 0 Å². The molecule has 0 spiro atoms. The Bertz CT molecular complexity index is 667. The summed E-state index contributed by atoms with van der Waals surface area (Å²) in [6.45, 7) is 6.68. The van der Waals surface area contributed by atoms with Crippen LogP contribution in [-0.4, -0.2) is 9.78 Å². The van der Waals surface area contributed by atoms with Crippen molar-refractivity contribution in [3.05, 3.63) is 60.3 Å². The highest BCUT2D eigenvalue weighted by Gasteiger charge is 2.13. The van der Waals surface area contributed by atoms with E-state index in [1.54, 1.807) is 0 Å². The number of hydrogen-bond donors (Lipinski definition) is 0. The Morgan fingerprint density at radius 3 is 2.21 bits per heavy atom. The molecule has 0 radical (unpaired) electrons. The van der Waals surface area contributed by atoms with Crippen LogP contribution in [0.15, 0.2) is 54.7 Å². The molecule has 0 bridgehead atoms. The van der Waals surface area contributed by atoms with Gasteiger partial charge in [-0.15, -0.1) is 0 Å². The zero-order valence-corrected chi connectivity index (χ0v) is 11.6. The van der Waals surface area contributed by atoms with Crippen LogP contribution in [0.3, 0.4) is 0 Å². The van der Waals surface area contributed by atoms with Crippen LogP contribution in [-0.2, 0) is 5.41 Å². The van der Waals surface area contributed by atoms with E-state index in [2.05, 4.69) is 62.4 Å². The molecular formula is C17H18N2. The molecule has 0 saturated carbocycles. The number of benzene rings is 2. The predicted molar refractivity (Wildman–Crippen MR) is 79.8 cm³/mol. The predicted octanol–water partition coefficient (Wildman–Crippen LogP) is 4.32. The van der Waals surface area contributed by atoms with Crippen LogP contribution in [0.1, 0.15) is 26.3 Å². The molecule has 0 fully saturated rings. The fourth-order valence-electron chi connectivity index (χ4n) is 2.21. The lowest BCUT2D eigenvalue weighted by atomic mass is 9.87. The van der Waals surface area contributed by atoms with Gasteiger partial charge in [-0.25, -0.2) is 4.68 Å². The van der Waals surface area contributed by atoms with Gasteiger partial charge in [0.1, 0.15) is 0 Å². The van der Waals surface area contributed by atoms with Gasteiger partial charge in [-0.1, -0.05) is 51.1 Å². The van der Waals surface area contributed by atoms with Gasteiger partial charge in [-0.3, -0.25) is 0 Å². The second-order valence-electron chi connectivity index (χ2n) is 5.93. The molecule has 0 aliphatic carbocycles. The topological polar surface area (TPSA) is 17.8 Å². The summed E-state index contributed by atoms with van der Waals surface area (Å²) in [4.78, 5) is 0. The van der Waals surface area contributed by atoms with Gasteiger partial charge >= 0.3 is 0 Å². The Balaban J connectivity index is 2.02. The molecule has 0 aliphatic rings. The maximum absolute atomic E-state index is 4.59. The third kappa shape index (κ3) is 2.26. The average Bonchev–Trinajstić information content (AvgIpc) is 2.81. The maximum Gasteiger partial charge on any atom is 0.0927 e. The molecule has 0 amide bonds. The van der Waals surface area contributed by atoms with E-state index in [1.807, 2.05) is 22.9 Å². The van der Waals surface area contributed by atoms with Gasteiger partial charge in [0.05, 0.1) is 11.2 Å². The molecule has 2 heteroatoms. The van der Waals surface area contributed by atoms with Crippen LogP contribution in [0.25, 0.3) is 16.6 Å². The van der Waals surface area contributed by atoms with E-state index >= 15 is 0 Å². The lowest BCUT2D eigenvalue weighted by molar-refractivity contribution is 0.590. The van der Waals surface area contributed by atoms with Crippen LogP contribution in [0, 0.1) is 0 Å². The summed E-state index contributed by atoms with van der Waals surface area (Å²) in [6, 6.07) is 16.8. The number of rotatable bonds is 1. The first-order valence-electron chi connectivity index (χ1n) is 6.59. The fourth-order valence-corrected chi connectivity index (χ4v) is 2.21. The Morgan fingerprint density at radius 1 is 0.895 bits per heavy atom. The molecule has 0 saturated heterocycles. The number of nitrogens with zero attached hydrogens (tertiary/aromatic N) is 2. The maximum atomic E-state index is 4.59. The summed E-state index contributed by atoms with van der Waals surface area (Å²) < 4.78 is 1.94. The largest absolute Gasteiger partial charge is 0.240 e. The molecule has 0 unspecified atom stereocenters. The summed E-state index contributed by atoms with van der Waals surface area (Å²) in [5, 5.41) is 5.76. The van der Waals surface area contributed by atoms with Crippen molar-refractivity contribution in [1.29, 1.82) is 0 Å². The van der Waals surface area contributed by atoms with Crippen LogP contribution < -0.4 is 0 Å². The molecule has 0 atom stereocenters. The Hall–Kier alpha value is -2.09. The monoisotopic (exact) mass is 250 g/mol. The standard InChI is InChI=1S/C17H18N2/c1-17(2,3)14-8-10-15(11-9-14)19-12-13-6-4-5-7-16(13)18-19/h4-12H,1-3H3. The molecule has 3 aromatic rings. The van der Waals surface area contributed by atoms with E-state index in [0.717, 1.165) is 11.2 Å². The normalized spacial score (nSPS) is 11.9. The lowest BCUT2D eigenvalue weighted by Gasteiger charge is -2.19. The highest BCUT2D eigenvalue weighted by molar-refractivity contribution is 5.78. The fraction of sp³-hybridized carbons (Fsp3) is 0.235. The van der Waals surface area contributed by atoms with E-state index in [4.69, 9.17) is 0 Å². The molecule has 2 nitrogen and oxygen atoms in total. The van der Waals surface area contributed by atoms with Crippen molar-refractivity contribution < 1.29 is 0 Å². The van der Waals surface area contributed by atoms with Crippen molar-refractivity contribution in [3.63, 3.8) is 0 Å². The van der Waals surface area contributed by atoms with Crippen molar-refractivity contribution >= 4 is 10.9 Å². The van der Waals surface area contributed by atoms with Crippen molar-refractivity contribution in [2.75, 3.05) is 0 Å². The number of fused-ring (bicyclic) bond motifs is 1. The third-order valence-electron chi connectivity index (χ3n) is 3.41. The summed E-state index contributed by atoms with van der Waals surface area (Å²) in [6.07, 6.45) is 2.07. The quantitative estimate of drug-likeness (QED) is 0.629. The second kappa shape index (κ2) is 4.23. The lowest BCUT2D eigenvalue weighted by Crippen LogP contribution is -2.10. The molecule has 1 heterocycles. The molecule has 96 valence electrons. The molecule has 3 rings (SSSR count). The first-order valence-corrected chi connectivity index (χ1v) is 6.59. The van der Waals surface area contributed by atoms with E-state index in [0.29, 0.717) is 0 Å². The first kappa shape index (κ1) is 12.0. The highest BCUT2D eigenvalue weighted by Crippen LogP contribution is 2.23.